The van der Waals surface area contributed by atoms with Crippen LogP contribution < -0.4 is 19.5 Å². The van der Waals surface area contributed by atoms with Crippen LogP contribution >= 0.6 is 22.9 Å². The number of aliphatic hydroxyl groups is 1. The molecule has 11 nitrogen and oxygen atoms in total. The van der Waals surface area contributed by atoms with Crippen molar-refractivity contribution in [3.63, 3.8) is 0 Å². The average Bonchev–Trinajstić information content (AvgIpc) is 3.38. The first kappa shape index (κ1) is 29.2. The van der Waals surface area contributed by atoms with Crippen LogP contribution in [0.2, 0.25) is 5.02 Å². The molecule has 0 saturated carbocycles. The van der Waals surface area contributed by atoms with Crippen LogP contribution in [0.3, 0.4) is 0 Å². The molecule has 0 bridgehead atoms. The molecule has 218 valence electrons. The Morgan fingerprint density at radius 3 is 2.69 bits per heavy atom. The van der Waals surface area contributed by atoms with Gasteiger partial charge in [0.25, 0.3) is 0 Å². The normalized spacial score (nSPS) is 11.8. The molecule has 0 saturated heterocycles. The Kier molecular flexibility index (Phi) is 9.10. The van der Waals surface area contributed by atoms with Crippen molar-refractivity contribution in [3.8, 4) is 28.1 Å². The Labute approximate surface area is 248 Å². The summed E-state index contributed by atoms with van der Waals surface area (Å²) in [6, 6.07) is 8.37. The molecule has 0 aliphatic rings. The molecule has 0 aliphatic heterocycles. The van der Waals surface area contributed by atoms with E-state index in [9.17, 15) is 9.18 Å². The van der Waals surface area contributed by atoms with Crippen molar-refractivity contribution < 1.29 is 33.2 Å². The zero-order valence-corrected chi connectivity index (χ0v) is 24.0. The van der Waals surface area contributed by atoms with Gasteiger partial charge in [-0.05, 0) is 32.0 Å². The van der Waals surface area contributed by atoms with Crippen LogP contribution in [0.4, 0.5) is 14.9 Å². The molecule has 3 aromatic heterocycles. The minimum Gasteiger partial charge on any atom is -0.492 e. The summed E-state index contributed by atoms with van der Waals surface area (Å²) in [6.07, 6.45) is 2.87. The predicted octanol–water partition coefficient (Wildman–Crippen LogP) is 5.88. The number of hydrogen-bond donors (Lipinski definition) is 2. The highest BCUT2D eigenvalue weighted by atomic mass is 35.5. The van der Waals surface area contributed by atoms with Crippen LogP contribution in [-0.2, 0) is 4.74 Å². The van der Waals surface area contributed by atoms with Crippen molar-refractivity contribution in [2.24, 2.45) is 0 Å². The number of amides is 1. The number of rotatable bonds is 11. The van der Waals surface area contributed by atoms with Gasteiger partial charge in [-0.2, -0.15) is 0 Å². The van der Waals surface area contributed by atoms with Crippen LogP contribution in [0.15, 0.2) is 48.9 Å². The Morgan fingerprint density at radius 2 is 1.93 bits per heavy atom. The number of pyridine rings is 1. The molecule has 5 rings (SSSR count). The minimum atomic E-state index is -0.767. The monoisotopic (exact) mass is 613 g/mol. The fourth-order valence-corrected chi connectivity index (χ4v) is 5.15. The molecule has 0 fully saturated rings. The Bertz CT molecular complexity index is 1720. The largest absolute Gasteiger partial charge is 0.492 e. The van der Waals surface area contributed by atoms with E-state index in [1.54, 1.807) is 31.3 Å². The van der Waals surface area contributed by atoms with Crippen molar-refractivity contribution in [1.82, 2.24) is 19.9 Å². The van der Waals surface area contributed by atoms with Crippen LogP contribution in [-0.4, -0.2) is 63.7 Å². The number of thiazole rings is 1. The number of nitrogens with one attached hydrogen (secondary N) is 1. The number of fused-ring (bicyclic) bond motifs is 2. The molecule has 1 atom stereocenters. The number of carbonyl (C=O) groups excluding carboxylic acids is 1. The summed E-state index contributed by atoms with van der Waals surface area (Å²) >= 11 is 7.75. The van der Waals surface area contributed by atoms with Gasteiger partial charge in [0.2, 0.25) is 0 Å². The van der Waals surface area contributed by atoms with E-state index < -0.39 is 18.0 Å². The van der Waals surface area contributed by atoms with Crippen LogP contribution in [0.1, 0.15) is 13.8 Å². The number of aliphatic hydroxyl groups excluding tert-OH is 1. The van der Waals surface area contributed by atoms with Crippen molar-refractivity contribution in [2.45, 2.75) is 20.0 Å². The van der Waals surface area contributed by atoms with Gasteiger partial charge in [-0.15, -0.1) is 11.3 Å². The zero-order chi connectivity index (χ0) is 29.6. The maximum absolute atomic E-state index is 15.0. The van der Waals surface area contributed by atoms with Gasteiger partial charge in [-0.1, -0.05) is 11.6 Å². The number of halogens is 2. The third-order valence-corrected chi connectivity index (χ3v) is 6.95. The molecule has 2 N–H and O–H groups in total. The summed E-state index contributed by atoms with van der Waals surface area (Å²) in [7, 11) is 0. The SMILES string of the molecule is CCOc1cnc2c(-c3nc4cc(F)c(O[C@@H](C)COC(=O)Nc5cnc(OCCO)nc5)cc4s3)cc(Cl)cc2c1. The van der Waals surface area contributed by atoms with E-state index in [1.807, 2.05) is 13.0 Å². The number of nitrogens with zero attached hydrogens (tertiary/aromatic N) is 4. The summed E-state index contributed by atoms with van der Waals surface area (Å²) in [6.45, 7) is 3.78. The quantitative estimate of drug-likeness (QED) is 0.186. The van der Waals surface area contributed by atoms with Crippen LogP contribution in [0.25, 0.3) is 31.7 Å². The van der Waals surface area contributed by atoms with Crippen molar-refractivity contribution in [1.29, 1.82) is 0 Å². The molecule has 14 heteroatoms. The fourth-order valence-electron chi connectivity index (χ4n) is 3.93. The molecule has 0 unspecified atom stereocenters. The summed E-state index contributed by atoms with van der Waals surface area (Å²) in [5.74, 6) is 0.0262. The van der Waals surface area contributed by atoms with Gasteiger partial charge >= 0.3 is 12.1 Å². The Hall–Kier alpha value is -4.33. The van der Waals surface area contributed by atoms with Gasteiger partial charge in [0.05, 0.1) is 53.2 Å². The Morgan fingerprint density at radius 1 is 1.12 bits per heavy atom. The molecule has 0 radical (unpaired) electrons. The smallest absolute Gasteiger partial charge is 0.411 e. The van der Waals surface area contributed by atoms with Crippen LogP contribution in [0, 0.1) is 5.82 Å². The molecular weight excluding hydrogens is 589 g/mol. The summed E-state index contributed by atoms with van der Waals surface area (Å²) in [5, 5.41) is 13.2. The first-order chi connectivity index (χ1) is 20.3. The van der Waals surface area contributed by atoms with E-state index >= 15 is 0 Å². The average molecular weight is 614 g/mol. The van der Waals surface area contributed by atoms with Gasteiger partial charge in [-0.3, -0.25) is 10.3 Å². The zero-order valence-electron chi connectivity index (χ0n) is 22.5. The maximum Gasteiger partial charge on any atom is 0.411 e. The Balaban J connectivity index is 1.25. The molecule has 1 amide bonds. The third-order valence-electron chi connectivity index (χ3n) is 5.68. The molecule has 5 aromatic rings. The fraction of sp³-hybridized carbons (Fsp3) is 0.250. The van der Waals surface area contributed by atoms with E-state index in [1.165, 1.54) is 29.8 Å². The first-order valence-electron chi connectivity index (χ1n) is 12.8. The lowest BCUT2D eigenvalue weighted by Crippen LogP contribution is -2.24. The molecule has 42 heavy (non-hydrogen) atoms. The summed E-state index contributed by atoms with van der Waals surface area (Å²) in [5.41, 5.74) is 2.15. The van der Waals surface area contributed by atoms with Gasteiger partial charge in [0.1, 0.15) is 30.1 Å². The molecule has 3 heterocycles. The first-order valence-corrected chi connectivity index (χ1v) is 14.0. The van der Waals surface area contributed by atoms with E-state index in [0.29, 0.717) is 38.1 Å². The lowest BCUT2D eigenvalue weighted by Gasteiger charge is -2.15. The van der Waals surface area contributed by atoms with Gasteiger partial charge < -0.3 is 24.1 Å². The van der Waals surface area contributed by atoms with Gasteiger partial charge in [0, 0.05) is 28.1 Å². The third kappa shape index (κ3) is 6.93. The second-order valence-electron chi connectivity index (χ2n) is 8.88. The standard InChI is InChI=1S/C28H25ClFN5O6S/c1-3-38-19-7-16-6-17(29)8-20(25(16)31-13-19)26-35-22-9-21(30)23(10-24(22)42-26)41-15(2)14-40-28(37)34-18-11-32-27(33-12-18)39-5-4-36/h6-13,15,36H,3-5,14H2,1-2H3,(H,34,37)/t15-/m0/s1. The highest BCUT2D eigenvalue weighted by Crippen LogP contribution is 2.38. The number of hydrogen-bond acceptors (Lipinski definition) is 11. The second kappa shape index (κ2) is 13.1. The molecule has 2 aromatic carbocycles. The highest BCUT2D eigenvalue weighted by Gasteiger charge is 2.18. The number of ether oxygens (including phenoxy) is 4. The number of anilines is 1. The predicted molar refractivity (Wildman–Crippen MR) is 156 cm³/mol. The van der Waals surface area contributed by atoms with Crippen LogP contribution in [0.5, 0.6) is 17.5 Å². The molecular formula is C28H25ClFN5O6S. The highest BCUT2D eigenvalue weighted by molar-refractivity contribution is 7.21. The van der Waals surface area contributed by atoms with E-state index in [0.717, 1.165) is 10.9 Å². The van der Waals surface area contributed by atoms with Gasteiger partial charge in [0.15, 0.2) is 11.6 Å². The van der Waals surface area contributed by atoms with E-state index in [2.05, 4.69) is 25.3 Å². The lowest BCUT2D eigenvalue weighted by atomic mass is 10.1. The molecule has 0 aliphatic carbocycles. The van der Waals surface area contributed by atoms with E-state index in [4.69, 9.17) is 35.7 Å². The number of carbonyl (C=O) groups is 1. The maximum atomic E-state index is 15.0. The minimum absolute atomic E-state index is 0.00323. The molecule has 0 spiro atoms. The topological polar surface area (TPSA) is 138 Å². The van der Waals surface area contributed by atoms with Crippen molar-refractivity contribution >= 4 is 55.8 Å². The van der Waals surface area contributed by atoms with Gasteiger partial charge in [-0.25, -0.2) is 24.1 Å². The number of benzene rings is 2. The second-order valence-corrected chi connectivity index (χ2v) is 10.3. The lowest BCUT2D eigenvalue weighted by molar-refractivity contribution is 0.0969. The van der Waals surface area contributed by atoms with E-state index in [-0.39, 0.29) is 37.3 Å². The van der Waals surface area contributed by atoms with Crippen molar-refractivity contribution in [3.05, 3.63) is 59.8 Å². The number of aromatic nitrogens is 4. The summed E-state index contributed by atoms with van der Waals surface area (Å²) in [4.78, 5) is 29.1. The van der Waals surface area contributed by atoms with Crippen molar-refractivity contribution in [2.75, 3.05) is 31.7 Å². The summed E-state index contributed by atoms with van der Waals surface area (Å²) < 4.78 is 37.2.